The third-order valence-corrected chi connectivity index (χ3v) is 5.34. The van der Waals surface area contributed by atoms with E-state index in [-0.39, 0.29) is 5.60 Å². The van der Waals surface area contributed by atoms with Gasteiger partial charge in [0.2, 0.25) is 0 Å². The summed E-state index contributed by atoms with van der Waals surface area (Å²) in [5, 5.41) is 0. The van der Waals surface area contributed by atoms with Crippen LogP contribution in [0.2, 0.25) is 0 Å². The van der Waals surface area contributed by atoms with E-state index in [0.717, 1.165) is 32.2 Å². The van der Waals surface area contributed by atoms with Crippen molar-refractivity contribution in [2.45, 2.75) is 18.4 Å². The first-order chi connectivity index (χ1) is 7.86. The maximum atomic E-state index is 6.28. The van der Waals surface area contributed by atoms with Gasteiger partial charge in [0.25, 0.3) is 0 Å². The average molecular weight is 218 g/mol. The van der Waals surface area contributed by atoms with Crippen LogP contribution in [0.5, 0.6) is 0 Å². The molecule has 0 radical (unpaired) electrons. The van der Waals surface area contributed by atoms with E-state index in [9.17, 15) is 0 Å². The van der Waals surface area contributed by atoms with E-state index in [0.29, 0.717) is 17.3 Å². The molecule has 4 aliphatic rings. The van der Waals surface area contributed by atoms with Gasteiger partial charge in [-0.2, -0.15) is 0 Å². The van der Waals surface area contributed by atoms with Crippen LogP contribution < -0.4 is 0 Å². The molecule has 1 unspecified atom stereocenters. The van der Waals surface area contributed by atoms with Crippen LogP contribution in [0, 0.1) is 23.2 Å². The van der Waals surface area contributed by atoms with E-state index in [2.05, 4.69) is 18.7 Å². The number of ether oxygens (including phenoxy) is 2. The quantitative estimate of drug-likeness (QED) is 0.532. The zero-order valence-corrected chi connectivity index (χ0v) is 9.52. The Bertz CT molecular complexity index is 375. The maximum absolute atomic E-state index is 6.28. The average Bonchev–Trinajstić information content (AvgIpc) is 2.59. The van der Waals surface area contributed by atoms with Gasteiger partial charge < -0.3 is 9.47 Å². The first-order valence-electron chi connectivity index (χ1n) is 6.37. The van der Waals surface area contributed by atoms with Crippen molar-refractivity contribution in [3.8, 4) is 0 Å². The molecule has 86 valence electrons. The Morgan fingerprint density at radius 3 is 3.31 bits per heavy atom. The number of rotatable bonds is 4. The minimum absolute atomic E-state index is 0.136. The molecule has 1 heterocycles. The first kappa shape index (κ1) is 9.43. The fourth-order valence-electron chi connectivity index (χ4n) is 4.76. The molecule has 3 aliphatic carbocycles. The summed E-state index contributed by atoms with van der Waals surface area (Å²) in [4.78, 5) is 0. The van der Waals surface area contributed by atoms with Crippen LogP contribution in [0.15, 0.2) is 24.8 Å². The standard InChI is InChI=1S/C14H18O2/c1-2-3-6-16-14-10-4-5-12(14)13(14)9-15-8-11(13)7-10/h2,4-5,10-12H,1,3,6-9H2/t10-,11+,12+,13+,14?/m0/s1. The Morgan fingerprint density at radius 2 is 2.44 bits per heavy atom. The van der Waals surface area contributed by atoms with Crippen LogP contribution in [0.25, 0.3) is 0 Å². The van der Waals surface area contributed by atoms with Gasteiger partial charge in [-0.05, 0) is 18.8 Å². The molecule has 1 spiro atoms. The molecule has 16 heavy (non-hydrogen) atoms. The van der Waals surface area contributed by atoms with Crippen molar-refractivity contribution in [3.05, 3.63) is 24.8 Å². The Labute approximate surface area is 96.3 Å². The molecule has 4 rings (SSSR count). The van der Waals surface area contributed by atoms with Crippen LogP contribution in [0.4, 0.5) is 0 Å². The van der Waals surface area contributed by atoms with E-state index >= 15 is 0 Å². The third kappa shape index (κ3) is 0.750. The van der Waals surface area contributed by atoms with Gasteiger partial charge >= 0.3 is 0 Å². The molecule has 0 aromatic heterocycles. The van der Waals surface area contributed by atoms with Crippen molar-refractivity contribution in [1.82, 2.24) is 0 Å². The lowest BCUT2D eigenvalue weighted by Gasteiger charge is -2.21. The fraction of sp³-hybridized carbons (Fsp3) is 0.714. The van der Waals surface area contributed by atoms with Crippen LogP contribution in [0.3, 0.4) is 0 Å². The van der Waals surface area contributed by atoms with Crippen molar-refractivity contribution in [3.63, 3.8) is 0 Å². The lowest BCUT2D eigenvalue weighted by molar-refractivity contribution is -0.0129. The minimum Gasteiger partial charge on any atom is -0.380 e. The molecule has 0 aromatic carbocycles. The molecule has 0 amide bonds. The molecule has 1 saturated heterocycles. The maximum Gasteiger partial charge on any atom is 0.0902 e. The largest absolute Gasteiger partial charge is 0.380 e. The molecule has 0 aromatic rings. The minimum atomic E-state index is 0.136. The lowest BCUT2D eigenvalue weighted by atomic mass is 9.91. The number of hydrogen-bond acceptors (Lipinski definition) is 2. The smallest absolute Gasteiger partial charge is 0.0902 e. The normalized spacial score (nSPS) is 55.1. The molecule has 0 bridgehead atoms. The molecule has 0 N–H and O–H groups in total. The Hall–Kier alpha value is -0.600. The predicted octanol–water partition coefficient (Wildman–Crippen LogP) is 2.17. The van der Waals surface area contributed by atoms with Gasteiger partial charge in [-0.15, -0.1) is 6.58 Å². The summed E-state index contributed by atoms with van der Waals surface area (Å²) >= 11 is 0. The topological polar surface area (TPSA) is 18.5 Å². The van der Waals surface area contributed by atoms with Crippen molar-refractivity contribution in [1.29, 1.82) is 0 Å². The second-order valence-corrected chi connectivity index (χ2v) is 5.68. The summed E-state index contributed by atoms with van der Waals surface area (Å²) in [6, 6.07) is 0. The van der Waals surface area contributed by atoms with Crippen molar-refractivity contribution in [2.24, 2.45) is 23.2 Å². The molecule has 3 fully saturated rings. The summed E-state index contributed by atoms with van der Waals surface area (Å²) < 4.78 is 12.0. The summed E-state index contributed by atoms with van der Waals surface area (Å²) in [7, 11) is 0. The van der Waals surface area contributed by atoms with Crippen molar-refractivity contribution < 1.29 is 9.47 Å². The highest BCUT2D eigenvalue weighted by molar-refractivity contribution is 5.45. The fourth-order valence-corrected chi connectivity index (χ4v) is 4.76. The van der Waals surface area contributed by atoms with Gasteiger partial charge in [-0.3, -0.25) is 0 Å². The van der Waals surface area contributed by atoms with Gasteiger partial charge in [-0.25, -0.2) is 0 Å². The second-order valence-electron chi connectivity index (χ2n) is 5.68. The van der Waals surface area contributed by atoms with Crippen molar-refractivity contribution in [2.75, 3.05) is 19.8 Å². The summed E-state index contributed by atoms with van der Waals surface area (Å²) in [6.07, 6.45) is 8.97. The van der Waals surface area contributed by atoms with E-state index < -0.39 is 0 Å². The molecular weight excluding hydrogens is 200 g/mol. The highest BCUT2D eigenvalue weighted by atomic mass is 16.5. The molecule has 2 saturated carbocycles. The summed E-state index contributed by atoms with van der Waals surface area (Å²) in [6.45, 7) is 6.47. The lowest BCUT2D eigenvalue weighted by Crippen LogP contribution is -2.27. The van der Waals surface area contributed by atoms with Gasteiger partial charge in [-0.1, -0.05) is 18.2 Å². The van der Waals surface area contributed by atoms with Crippen LogP contribution in [-0.4, -0.2) is 25.4 Å². The zero-order chi connectivity index (χ0) is 10.8. The highest BCUT2D eigenvalue weighted by Crippen LogP contribution is 2.82. The second kappa shape index (κ2) is 2.80. The Morgan fingerprint density at radius 1 is 1.50 bits per heavy atom. The highest BCUT2D eigenvalue weighted by Gasteiger charge is 2.88. The van der Waals surface area contributed by atoms with Crippen molar-refractivity contribution >= 4 is 0 Å². The third-order valence-electron chi connectivity index (χ3n) is 5.34. The van der Waals surface area contributed by atoms with E-state index in [1.54, 1.807) is 0 Å². The van der Waals surface area contributed by atoms with Gasteiger partial charge in [0.15, 0.2) is 0 Å². The van der Waals surface area contributed by atoms with Crippen LogP contribution >= 0.6 is 0 Å². The zero-order valence-electron chi connectivity index (χ0n) is 9.52. The summed E-state index contributed by atoms with van der Waals surface area (Å²) in [5.41, 5.74) is 0.505. The SMILES string of the molecule is C=CCCOC12[C@H]3C=C[C@@H]1[C@]21COC[C@H]1C3. The van der Waals surface area contributed by atoms with E-state index in [1.165, 1.54) is 6.42 Å². The monoisotopic (exact) mass is 218 g/mol. The predicted molar refractivity (Wildman–Crippen MR) is 61.0 cm³/mol. The van der Waals surface area contributed by atoms with Gasteiger partial charge in [0.05, 0.1) is 25.4 Å². The molecule has 5 atom stereocenters. The summed E-state index contributed by atoms with van der Waals surface area (Å²) in [5.74, 6) is 2.06. The van der Waals surface area contributed by atoms with Gasteiger partial charge in [0, 0.05) is 17.3 Å². The van der Waals surface area contributed by atoms with E-state index in [4.69, 9.17) is 9.47 Å². The van der Waals surface area contributed by atoms with Crippen LogP contribution in [0.1, 0.15) is 12.8 Å². The van der Waals surface area contributed by atoms with Gasteiger partial charge in [0.1, 0.15) is 0 Å². The molecule has 1 aliphatic heterocycles. The van der Waals surface area contributed by atoms with Crippen LogP contribution in [-0.2, 0) is 9.47 Å². The molecule has 2 heteroatoms. The Kier molecular flexibility index (Phi) is 1.65. The first-order valence-corrected chi connectivity index (χ1v) is 6.37. The molecular formula is C14H18O2. The Balaban J connectivity index is 1.63. The molecule has 2 nitrogen and oxygen atoms in total. The number of hydrogen-bond donors (Lipinski definition) is 0. The van der Waals surface area contributed by atoms with E-state index in [1.807, 2.05) is 6.08 Å².